The first-order chi connectivity index (χ1) is 7.08. The van der Waals surface area contributed by atoms with Crippen LogP contribution in [0.5, 0.6) is 5.75 Å². The van der Waals surface area contributed by atoms with Crippen LogP contribution < -0.4 is 0 Å². The molecule has 2 rings (SSSR count). The smallest absolute Gasteiger partial charge is 0.116 e. The van der Waals surface area contributed by atoms with Gasteiger partial charge < -0.3 is 5.11 Å². The summed E-state index contributed by atoms with van der Waals surface area (Å²) >= 11 is 0. The van der Waals surface area contributed by atoms with E-state index in [0.717, 1.165) is 23.0 Å². The molecule has 0 bridgehead atoms. The minimum atomic E-state index is 0.306. The van der Waals surface area contributed by atoms with Gasteiger partial charge in [-0.05, 0) is 30.5 Å². The predicted molar refractivity (Wildman–Crippen MR) is 60.9 cm³/mol. The first kappa shape index (κ1) is 10.0. The van der Waals surface area contributed by atoms with Crippen molar-refractivity contribution in [1.29, 1.82) is 0 Å². The normalized spacial score (nSPS) is 11.5. The summed E-state index contributed by atoms with van der Waals surface area (Å²) in [5.41, 5.74) is 2.14. The standard InChI is InChI=1S/C12H16N2O/c1-8(2)6-11-10-7-9(15)4-5-12(10)14(3)13-11/h4-5,7-8,15H,6H2,1-3H3. The van der Waals surface area contributed by atoms with E-state index in [0.29, 0.717) is 11.7 Å². The third-order valence-electron chi connectivity index (χ3n) is 2.51. The van der Waals surface area contributed by atoms with Crippen LogP contribution in [0.2, 0.25) is 0 Å². The second kappa shape index (κ2) is 3.57. The average molecular weight is 204 g/mol. The maximum absolute atomic E-state index is 9.46. The molecule has 15 heavy (non-hydrogen) atoms. The van der Waals surface area contributed by atoms with Crippen LogP contribution in [0.4, 0.5) is 0 Å². The fraction of sp³-hybridized carbons (Fsp3) is 0.417. The number of rotatable bonds is 2. The second-order valence-corrected chi connectivity index (χ2v) is 4.37. The molecule has 0 aliphatic rings. The van der Waals surface area contributed by atoms with Crippen molar-refractivity contribution < 1.29 is 5.11 Å². The quantitative estimate of drug-likeness (QED) is 0.816. The van der Waals surface area contributed by atoms with Crippen molar-refractivity contribution in [1.82, 2.24) is 9.78 Å². The van der Waals surface area contributed by atoms with Gasteiger partial charge in [0.05, 0.1) is 11.2 Å². The van der Waals surface area contributed by atoms with Gasteiger partial charge in [0.25, 0.3) is 0 Å². The van der Waals surface area contributed by atoms with Crippen LogP contribution in [0.15, 0.2) is 18.2 Å². The molecule has 1 aromatic carbocycles. The van der Waals surface area contributed by atoms with E-state index in [4.69, 9.17) is 0 Å². The molecule has 0 atom stereocenters. The van der Waals surface area contributed by atoms with Gasteiger partial charge in [0, 0.05) is 12.4 Å². The Hall–Kier alpha value is -1.51. The van der Waals surface area contributed by atoms with Crippen LogP contribution in [0, 0.1) is 5.92 Å². The molecule has 2 aromatic rings. The zero-order valence-electron chi connectivity index (χ0n) is 9.36. The number of phenolic OH excluding ortho intramolecular Hbond substituents is 1. The number of aromatic hydroxyl groups is 1. The monoisotopic (exact) mass is 204 g/mol. The summed E-state index contributed by atoms with van der Waals surface area (Å²) in [7, 11) is 1.93. The van der Waals surface area contributed by atoms with Crippen LogP contribution in [0.1, 0.15) is 19.5 Å². The van der Waals surface area contributed by atoms with E-state index in [2.05, 4.69) is 18.9 Å². The lowest BCUT2D eigenvalue weighted by Crippen LogP contribution is -1.96. The molecule has 80 valence electrons. The van der Waals surface area contributed by atoms with Gasteiger partial charge in [-0.15, -0.1) is 0 Å². The predicted octanol–water partition coefficient (Wildman–Crippen LogP) is 2.48. The van der Waals surface area contributed by atoms with E-state index in [1.54, 1.807) is 12.1 Å². The highest BCUT2D eigenvalue weighted by atomic mass is 16.3. The molecule has 1 heterocycles. The number of hydrogen-bond donors (Lipinski definition) is 1. The Morgan fingerprint density at radius 1 is 1.40 bits per heavy atom. The Morgan fingerprint density at radius 2 is 2.13 bits per heavy atom. The Labute approximate surface area is 89.3 Å². The fourth-order valence-electron chi connectivity index (χ4n) is 1.86. The van der Waals surface area contributed by atoms with Gasteiger partial charge in [-0.1, -0.05) is 13.8 Å². The summed E-state index contributed by atoms with van der Waals surface area (Å²) in [6, 6.07) is 5.39. The lowest BCUT2D eigenvalue weighted by Gasteiger charge is -2.00. The van der Waals surface area contributed by atoms with Gasteiger partial charge in [0.2, 0.25) is 0 Å². The molecule has 0 aliphatic heterocycles. The molecule has 0 amide bonds. The van der Waals surface area contributed by atoms with E-state index in [9.17, 15) is 5.11 Å². The average Bonchev–Trinajstić information content (AvgIpc) is 2.42. The van der Waals surface area contributed by atoms with Gasteiger partial charge in [0.1, 0.15) is 5.75 Å². The molecule has 0 radical (unpaired) electrons. The maximum Gasteiger partial charge on any atom is 0.116 e. The first-order valence-corrected chi connectivity index (χ1v) is 5.22. The largest absolute Gasteiger partial charge is 0.508 e. The molecular weight excluding hydrogens is 188 g/mol. The Morgan fingerprint density at radius 3 is 2.80 bits per heavy atom. The van der Waals surface area contributed by atoms with Gasteiger partial charge in [-0.25, -0.2) is 0 Å². The van der Waals surface area contributed by atoms with Gasteiger partial charge >= 0.3 is 0 Å². The van der Waals surface area contributed by atoms with Gasteiger partial charge in [-0.3, -0.25) is 4.68 Å². The molecule has 0 saturated carbocycles. The first-order valence-electron chi connectivity index (χ1n) is 5.22. The van der Waals surface area contributed by atoms with Crippen LogP contribution in [-0.2, 0) is 13.5 Å². The van der Waals surface area contributed by atoms with E-state index >= 15 is 0 Å². The highest BCUT2D eigenvalue weighted by Gasteiger charge is 2.10. The summed E-state index contributed by atoms with van der Waals surface area (Å²) in [6.45, 7) is 4.34. The van der Waals surface area contributed by atoms with Crippen LogP contribution in [0.25, 0.3) is 10.9 Å². The Bertz CT molecular complexity index is 486. The molecule has 0 saturated heterocycles. The molecule has 0 unspecified atom stereocenters. The second-order valence-electron chi connectivity index (χ2n) is 4.37. The SMILES string of the molecule is CC(C)Cc1nn(C)c2ccc(O)cc12. The number of phenols is 1. The molecule has 1 aromatic heterocycles. The molecule has 0 aliphatic carbocycles. The van der Waals surface area contributed by atoms with E-state index < -0.39 is 0 Å². The third kappa shape index (κ3) is 1.82. The lowest BCUT2D eigenvalue weighted by molar-refractivity contribution is 0.476. The highest BCUT2D eigenvalue weighted by molar-refractivity contribution is 5.83. The minimum Gasteiger partial charge on any atom is -0.508 e. The van der Waals surface area contributed by atoms with E-state index in [1.807, 2.05) is 17.8 Å². The number of hydrogen-bond acceptors (Lipinski definition) is 2. The number of aromatic nitrogens is 2. The molecule has 0 spiro atoms. The van der Waals surface area contributed by atoms with Gasteiger partial charge in [0.15, 0.2) is 0 Å². The molecule has 1 N–H and O–H groups in total. The van der Waals surface area contributed by atoms with Crippen LogP contribution in [-0.4, -0.2) is 14.9 Å². The van der Waals surface area contributed by atoms with Crippen molar-refractivity contribution in [2.75, 3.05) is 0 Å². The summed E-state index contributed by atoms with van der Waals surface area (Å²) in [5, 5.41) is 15.0. The topological polar surface area (TPSA) is 38.0 Å². The van der Waals surface area contributed by atoms with Crippen molar-refractivity contribution in [2.45, 2.75) is 20.3 Å². The Balaban J connectivity index is 2.59. The number of aryl methyl sites for hydroxylation is 1. The molecule has 3 nitrogen and oxygen atoms in total. The third-order valence-corrected chi connectivity index (χ3v) is 2.51. The van der Waals surface area contributed by atoms with Crippen molar-refractivity contribution in [2.24, 2.45) is 13.0 Å². The van der Waals surface area contributed by atoms with Gasteiger partial charge in [-0.2, -0.15) is 5.10 Å². The fourth-order valence-corrected chi connectivity index (χ4v) is 1.86. The zero-order valence-corrected chi connectivity index (χ0v) is 9.36. The summed E-state index contributed by atoms with van der Waals surface area (Å²) in [6.07, 6.45) is 0.945. The van der Waals surface area contributed by atoms with Crippen molar-refractivity contribution in [3.05, 3.63) is 23.9 Å². The summed E-state index contributed by atoms with van der Waals surface area (Å²) < 4.78 is 1.87. The van der Waals surface area contributed by atoms with Crippen LogP contribution >= 0.6 is 0 Å². The van der Waals surface area contributed by atoms with Crippen LogP contribution in [0.3, 0.4) is 0 Å². The summed E-state index contributed by atoms with van der Waals surface area (Å²) in [4.78, 5) is 0. The lowest BCUT2D eigenvalue weighted by atomic mass is 10.1. The molecule has 3 heteroatoms. The van der Waals surface area contributed by atoms with Crippen molar-refractivity contribution in [3.8, 4) is 5.75 Å². The molecular formula is C12H16N2O. The van der Waals surface area contributed by atoms with E-state index in [1.165, 1.54) is 0 Å². The van der Waals surface area contributed by atoms with Crippen molar-refractivity contribution >= 4 is 10.9 Å². The highest BCUT2D eigenvalue weighted by Crippen LogP contribution is 2.24. The number of benzene rings is 1. The number of fused-ring (bicyclic) bond motifs is 1. The van der Waals surface area contributed by atoms with Crippen molar-refractivity contribution in [3.63, 3.8) is 0 Å². The Kier molecular flexibility index (Phi) is 2.39. The zero-order chi connectivity index (χ0) is 11.0. The molecule has 0 fully saturated rings. The maximum atomic E-state index is 9.46. The number of nitrogens with zero attached hydrogens (tertiary/aromatic N) is 2. The summed E-state index contributed by atoms with van der Waals surface area (Å²) in [5.74, 6) is 0.881. The van der Waals surface area contributed by atoms with E-state index in [-0.39, 0.29) is 0 Å². The minimum absolute atomic E-state index is 0.306.